The Labute approximate surface area is 118 Å². The first kappa shape index (κ1) is 14.5. The van der Waals surface area contributed by atoms with Gasteiger partial charge in [-0.1, -0.05) is 0 Å². The van der Waals surface area contributed by atoms with Crippen molar-refractivity contribution in [1.82, 2.24) is 24.9 Å². The zero-order valence-electron chi connectivity index (χ0n) is 12.4. The highest BCUT2D eigenvalue weighted by Crippen LogP contribution is 2.15. The second-order valence-electron chi connectivity index (χ2n) is 5.19. The monoisotopic (exact) mass is 279 g/mol. The molecule has 1 aromatic rings. The molecule has 0 spiro atoms. The fourth-order valence-corrected chi connectivity index (χ4v) is 2.52. The summed E-state index contributed by atoms with van der Waals surface area (Å²) >= 11 is 0. The summed E-state index contributed by atoms with van der Waals surface area (Å²) in [4.78, 5) is 28.3. The molecule has 7 nitrogen and oxygen atoms in total. The second-order valence-corrected chi connectivity index (χ2v) is 5.19. The van der Waals surface area contributed by atoms with Crippen LogP contribution in [0.1, 0.15) is 16.1 Å². The molecule has 1 fully saturated rings. The molecule has 0 saturated carbocycles. The molecule has 0 radical (unpaired) electrons. The number of aromatic nitrogens is 2. The molecule has 0 aromatic carbocycles. The normalized spacial score (nSPS) is 20.0. The van der Waals surface area contributed by atoms with Crippen molar-refractivity contribution in [2.75, 3.05) is 33.7 Å². The smallest absolute Gasteiger partial charge is 0.258 e. The Hall–Kier alpha value is -1.89. The first-order valence-corrected chi connectivity index (χ1v) is 6.65. The van der Waals surface area contributed by atoms with Gasteiger partial charge >= 0.3 is 0 Å². The number of aryl methyl sites for hydroxylation is 2. The van der Waals surface area contributed by atoms with Crippen molar-refractivity contribution in [3.05, 3.63) is 17.5 Å². The lowest BCUT2D eigenvalue weighted by molar-refractivity contribution is -0.126. The minimum absolute atomic E-state index is 0.127. The van der Waals surface area contributed by atoms with Gasteiger partial charge in [-0.3, -0.25) is 14.3 Å². The highest BCUT2D eigenvalue weighted by atomic mass is 16.2. The molecule has 1 aromatic heterocycles. The molecule has 1 aliphatic rings. The molecule has 0 bridgehead atoms. The molecular weight excluding hydrogens is 258 g/mol. The van der Waals surface area contributed by atoms with E-state index >= 15 is 0 Å². The van der Waals surface area contributed by atoms with Gasteiger partial charge in [-0.2, -0.15) is 5.10 Å². The first-order valence-electron chi connectivity index (χ1n) is 6.65. The molecule has 7 heteroatoms. The summed E-state index contributed by atoms with van der Waals surface area (Å²) in [5.74, 6) is -0.260. The van der Waals surface area contributed by atoms with E-state index in [-0.39, 0.29) is 11.8 Å². The fraction of sp³-hybridized carbons (Fsp3) is 0.615. The maximum absolute atomic E-state index is 12.6. The Morgan fingerprint density at radius 2 is 2.05 bits per heavy atom. The van der Waals surface area contributed by atoms with Gasteiger partial charge in [0.15, 0.2) is 0 Å². The van der Waals surface area contributed by atoms with Gasteiger partial charge in [0.1, 0.15) is 6.04 Å². The number of hydrogen-bond acceptors (Lipinski definition) is 4. The van der Waals surface area contributed by atoms with Crippen LogP contribution in [0, 0.1) is 6.92 Å². The number of nitrogens with one attached hydrogen (secondary N) is 1. The zero-order valence-corrected chi connectivity index (χ0v) is 12.4. The minimum Gasteiger partial charge on any atom is -0.357 e. The third-order valence-corrected chi connectivity index (χ3v) is 3.64. The molecule has 110 valence electrons. The molecule has 1 saturated heterocycles. The molecular formula is C13H21N5O2. The minimum atomic E-state index is -0.453. The van der Waals surface area contributed by atoms with Crippen LogP contribution in [0.2, 0.25) is 0 Å². The molecule has 0 aliphatic carbocycles. The van der Waals surface area contributed by atoms with Crippen molar-refractivity contribution in [3.8, 4) is 0 Å². The van der Waals surface area contributed by atoms with Gasteiger partial charge in [0.05, 0.1) is 11.3 Å². The summed E-state index contributed by atoms with van der Waals surface area (Å²) in [7, 11) is 5.33. The summed E-state index contributed by atoms with van der Waals surface area (Å²) in [5.41, 5.74) is 1.25. The molecule has 0 unspecified atom stereocenters. The van der Waals surface area contributed by atoms with Crippen LogP contribution in [0.3, 0.4) is 0 Å². The van der Waals surface area contributed by atoms with Gasteiger partial charge in [-0.25, -0.2) is 0 Å². The van der Waals surface area contributed by atoms with Crippen molar-refractivity contribution in [1.29, 1.82) is 0 Å². The van der Waals surface area contributed by atoms with E-state index in [2.05, 4.69) is 15.3 Å². The predicted molar refractivity (Wildman–Crippen MR) is 74.3 cm³/mol. The van der Waals surface area contributed by atoms with Crippen LogP contribution in [0.4, 0.5) is 0 Å². The van der Waals surface area contributed by atoms with Gasteiger partial charge in [0, 0.05) is 39.9 Å². The summed E-state index contributed by atoms with van der Waals surface area (Å²) in [6.45, 7) is 3.66. The summed E-state index contributed by atoms with van der Waals surface area (Å²) in [6.07, 6.45) is 1.71. The molecule has 2 amide bonds. The lowest BCUT2D eigenvalue weighted by atomic mass is 10.1. The van der Waals surface area contributed by atoms with Crippen LogP contribution in [0.5, 0.6) is 0 Å². The quantitative estimate of drug-likeness (QED) is 0.772. The number of nitrogens with zero attached hydrogens (tertiary/aromatic N) is 4. The number of carbonyl (C=O) groups excluding carboxylic acids is 2. The Morgan fingerprint density at radius 1 is 1.35 bits per heavy atom. The lowest BCUT2D eigenvalue weighted by Gasteiger charge is -2.38. The van der Waals surface area contributed by atoms with E-state index in [1.807, 2.05) is 7.05 Å². The standard InChI is InChI=1S/C13H21N5O2/c1-9-10(7-17(4)15-9)13(20)18-6-5-16(3)8-11(18)12(19)14-2/h7,11H,5-6,8H2,1-4H3,(H,14,19)/t11-/m0/s1. The van der Waals surface area contributed by atoms with Crippen LogP contribution < -0.4 is 5.32 Å². The molecule has 20 heavy (non-hydrogen) atoms. The number of hydrogen-bond donors (Lipinski definition) is 1. The summed E-state index contributed by atoms with van der Waals surface area (Å²) < 4.78 is 1.62. The third kappa shape index (κ3) is 2.67. The van der Waals surface area contributed by atoms with Gasteiger partial charge < -0.3 is 15.1 Å². The summed E-state index contributed by atoms with van der Waals surface area (Å²) in [5, 5.41) is 6.82. The number of piperazine rings is 1. The Balaban J connectivity index is 2.26. The van der Waals surface area contributed by atoms with Crippen molar-refractivity contribution in [2.45, 2.75) is 13.0 Å². The third-order valence-electron chi connectivity index (χ3n) is 3.64. The van der Waals surface area contributed by atoms with Crippen molar-refractivity contribution >= 4 is 11.8 Å². The lowest BCUT2D eigenvalue weighted by Crippen LogP contribution is -2.59. The highest BCUT2D eigenvalue weighted by molar-refractivity contribution is 5.98. The maximum atomic E-state index is 12.6. The average Bonchev–Trinajstić information content (AvgIpc) is 2.76. The Morgan fingerprint density at radius 3 is 2.60 bits per heavy atom. The van der Waals surface area contributed by atoms with E-state index in [0.29, 0.717) is 24.3 Å². The largest absolute Gasteiger partial charge is 0.357 e. The van der Waals surface area contributed by atoms with E-state index in [0.717, 1.165) is 6.54 Å². The first-order chi connectivity index (χ1) is 9.43. The van der Waals surface area contributed by atoms with E-state index in [1.54, 1.807) is 36.8 Å². The molecule has 1 aliphatic heterocycles. The summed E-state index contributed by atoms with van der Waals surface area (Å²) in [6, 6.07) is -0.453. The fourth-order valence-electron chi connectivity index (χ4n) is 2.52. The van der Waals surface area contributed by atoms with E-state index in [9.17, 15) is 9.59 Å². The van der Waals surface area contributed by atoms with Crippen molar-refractivity contribution in [3.63, 3.8) is 0 Å². The van der Waals surface area contributed by atoms with Gasteiger partial charge in [0.2, 0.25) is 5.91 Å². The average molecular weight is 279 g/mol. The highest BCUT2D eigenvalue weighted by Gasteiger charge is 2.35. The molecule has 1 N–H and O–H groups in total. The van der Waals surface area contributed by atoms with Gasteiger partial charge in [-0.05, 0) is 14.0 Å². The number of amides is 2. The Bertz CT molecular complexity index is 525. The van der Waals surface area contributed by atoms with E-state index < -0.39 is 6.04 Å². The molecule has 2 rings (SSSR count). The SMILES string of the molecule is CNC(=O)[C@@H]1CN(C)CCN1C(=O)c1cn(C)nc1C. The van der Waals surface area contributed by atoms with Gasteiger partial charge in [-0.15, -0.1) is 0 Å². The zero-order chi connectivity index (χ0) is 14.9. The van der Waals surface area contributed by atoms with E-state index in [1.165, 1.54) is 0 Å². The number of likely N-dealkylation sites (N-methyl/N-ethyl adjacent to an activating group) is 2. The number of rotatable bonds is 2. The second kappa shape index (κ2) is 5.62. The van der Waals surface area contributed by atoms with Gasteiger partial charge in [0.25, 0.3) is 5.91 Å². The molecule has 1 atom stereocenters. The van der Waals surface area contributed by atoms with Crippen LogP contribution in [-0.4, -0.2) is 71.2 Å². The van der Waals surface area contributed by atoms with Crippen LogP contribution >= 0.6 is 0 Å². The van der Waals surface area contributed by atoms with E-state index in [4.69, 9.17) is 0 Å². The van der Waals surface area contributed by atoms with Crippen LogP contribution in [0.15, 0.2) is 6.20 Å². The van der Waals surface area contributed by atoms with Crippen molar-refractivity contribution < 1.29 is 9.59 Å². The number of carbonyl (C=O) groups is 2. The molecule has 2 heterocycles. The Kier molecular flexibility index (Phi) is 4.08. The predicted octanol–water partition coefficient (Wildman–Crippen LogP) is -0.769. The topological polar surface area (TPSA) is 70.5 Å². The maximum Gasteiger partial charge on any atom is 0.258 e. The van der Waals surface area contributed by atoms with Crippen LogP contribution in [0.25, 0.3) is 0 Å². The van der Waals surface area contributed by atoms with Crippen molar-refractivity contribution in [2.24, 2.45) is 7.05 Å². The van der Waals surface area contributed by atoms with Crippen LogP contribution in [-0.2, 0) is 11.8 Å².